The molecule has 1 unspecified atom stereocenters. The summed E-state index contributed by atoms with van der Waals surface area (Å²) >= 11 is 5.97. The number of pyridine rings is 1. The largest absolute Gasteiger partial charge is 0.384 e. The van der Waals surface area contributed by atoms with Gasteiger partial charge in [-0.25, -0.2) is 0 Å². The Hall–Kier alpha value is -1.38. The summed E-state index contributed by atoms with van der Waals surface area (Å²) in [6, 6.07) is 11.0. The van der Waals surface area contributed by atoms with Gasteiger partial charge < -0.3 is 5.11 Å². The van der Waals surface area contributed by atoms with Gasteiger partial charge in [0.2, 0.25) is 0 Å². The van der Waals surface area contributed by atoms with Crippen molar-refractivity contribution in [2.45, 2.75) is 6.10 Å². The van der Waals surface area contributed by atoms with E-state index >= 15 is 0 Å². The fourth-order valence-corrected chi connectivity index (χ4v) is 1.61. The summed E-state index contributed by atoms with van der Waals surface area (Å²) in [5, 5.41) is 10.6. The van der Waals surface area contributed by atoms with Crippen molar-refractivity contribution in [3.8, 4) is 0 Å². The van der Waals surface area contributed by atoms with E-state index in [2.05, 4.69) is 4.98 Å². The van der Waals surface area contributed by atoms with E-state index in [1.165, 1.54) is 0 Å². The van der Waals surface area contributed by atoms with Crippen LogP contribution in [0.4, 0.5) is 0 Å². The average molecular weight is 220 g/mol. The van der Waals surface area contributed by atoms with E-state index in [1.54, 1.807) is 18.5 Å². The number of aliphatic hydroxyl groups is 1. The molecule has 2 nitrogen and oxygen atoms in total. The molecule has 0 aliphatic carbocycles. The van der Waals surface area contributed by atoms with Crippen LogP contribution in [0, 0.1) is 0 Å². The first-order chi connectivity index (χ1) is 7.29. The maximum absolute atomic E-state index is 10.0. The Labute approximate surface area is 93.2 Å². The molecule has 2 rings (SSSR count). The van der Waals surface area contributed by atoms with Crippen molar-refractivity contribution < 1.29 is 5.11 Å². The van der Waals surface area contributed by atoms with Crippen LogP contribution < -0.4 is 0 Å². The van der Waals surface area contributed by atoms with Crippen LogP contribution >= 0.6 is 11.6 Å². The van der Waals surface area contributed by atoms with Gasteiger partial charge in [-0.15, -0.1) is 0 Å². The number of aromatic nitrogens is 1. The molecule has 0 saturated heterocycles. The fourth-order valence-electron chi connectivity index (χ4n) is 1.41. The van der Waals surface area contributed by atoms with Crippen molar-refractivity contribution in [2.24, 2.45) is 0 Å². The molecular formula is C12H10ClNO. The van der Waals surface area contributed by atoms with Crippen LogP contribution in [0.25, 0.3) is 0 Å². The lowest BCUT2D eigenvalue weighted by atomic mass is 10.0. The Morgan fingerprint density at radius 1 is 1.13 bits per heavy atom. The second kappa shape index (κ2) is 4.43. The quantitative estimate of drug-likeness (QED) is 0.843. The summed E-state index contributed by atoms with van der Waals surface area (Å²) in [6.07, 6.45) is 2.47. The SMILES string of the molecule is OC(c1ccccc1)c1cnccc1Cl. The molecule has 1 N–H and O–H groups in total. The molecule has 2 aromatic rings. The highest BCUT2D eigenvalue weighted by atomic mass is 35.5. The highest BCUT2D eigenvalue weighted by Gasteiger charge is 2.12. The minimum atomic E-state index is -0.715. The first kappa shape index (κ1) is 10.1. The van der Waals surface area contributed by atoms with E-state index in [1.807, 2.05) is 30.3 Å². The van der Waals surface area contributed by atoms with Crippen molar-refractivity contribution in [2.75, 3.05) is 0 Å². The molecule has 1 aromatic heterocycles. The number of halogens is 1. The van der Waals surface area contributed by atoms with Gasteiger partial charge in [0.05, 0.1) is 0 Å². The van der Waals surface area contributed by atoms with Crippen LogP contribution in [0.15, 0.2) is 48.8 Å². The monoisotopic (exact) mass is 219 g/mol. The summed E-state index contributed by atoms with van der Waals surface area (Å²) in [7, 11) is 0. The molecule has 1 aromatic carbocycles. The molecule has 0 fully saturated rings. The second-order valence-electron chi connectivity index (χ2n) is 3.21. The van der Waals surface area contributed by atoms with Crippen molar-refractivity contribution in [1.29, 1.82) is 0 Å². The number of benzene rings is 1. The molecule has 0 aliphatic rings. The third-order valence-corrected chi connectivity index (χ3v) is 2.55. The van der Waals surface area contributed by atoms with E-state index < -0.39 is 6.10 Å². The van der Waals surface area contributed by atoms with Gasteiger partial charge in [0.15, 0.2) is 0 Å². The zero-order valence-corrected chi connectivity index (χ0v) is 8.72. The number of rotatable bonds is 2. The van der Waals surface area contributed by atoms with Crippen LogP contribution in [0.3, 0.4) is 0 Å². The molecule has 0 radical (unpaired) electrons. The summed E-state index contributed by atoms with van der Waals surface area (Å²) < 4.78 is 0. The second-order valence-corrected chi connectivity index (χ2v) is 3.62. The smallest absolute Gasteiger partial charge is 0.107 e. The Morgan fingerprint density at radius 2 is 1.87 bits per heavy atom. The van der Waals surface area contributed by atoms with Crippen molar-refractivity contribution in [3.05, 3.63) is 64.9 Å². The molecule has 1 atom stereocenters. The van der Waals surface area contributed by atoms with Crippen LogP contribution in [0.2, 0.25) is 5.02 Å². The first-order valence-electron chi connectivity index (χ1n) is 4.61. The lowest BCUT2D eigenvalue weighted by Crippen LogP contribution is -2.00. The Bertz CT molecular complexity index is 444. The minimum absolute atomic E-state index is 0.529. The van der Waals surface area contributed by atoms with Crippen LogP contribution in [-0.2, 0) is 0 Å². The standard InChI is InChI=1S/C12H10ClNO/c13-11-6-7-14-8-10(11)12(15)9-4-2-1-3-5-9/h1-8,12,15H. The maximum atomic E-state index is 10.0. The Balaban J connectivity index is 2.37. The molecule has 15 heavy (non-hydrogen) atoms. The summed E-state index contributed by atoms with van der Waals surface area (Å²) in [5.41, 5.74) is 1.44. The van der Waals surface area contributed by atoms with Crippen LogP contribution in [0.1, 0.15) is 17.2 Å². The molecule has 0 spiro atoms. The summed E-state index contributed by atoms with van der Waals surface area (Å²) in [6.45, 7) is 0. The molecule has 0 bridgehead atoms. The summed E-state index contributed by atoms with van der Waals surface area (Å²) in [4.78, 5) is 3.95. The van der Waals surface area contributed by atoms with Crippen LogP contribution in [0.5, 0.6) is 0 Å². The van der Waals surface area contributed by atoms with Crippen LogP contribution in [-0.4, -0.2) is 10.1 Å². The van der Waals surface area contributed by atoms with Gasteiger partial charge in [-0.1, -0.05) is 41.9 Å². The molecule has 0 amide bonds. The lowest BCUT2D eigenvalue weighted by Gasteiger charge is -2.11. The van der Waals surface area contributed by atoms with Crippen molar-refractivity contribution >= 4 is 11.6 Å². The Morgan fingerprint density at radius 3 is 2.53 bits per heavy atom. The third-order valence-electron chi connectivity index (χ3n) is 2.21. The summed E-state index contributed by atoms with van der Waals surface area (Å²) in [5.74, 6) is 0. The van der Waals surface area contributed by atoms with E-state index in [9.17, 15) is 5.11 Å². The first-order valence-corrected chi connectivity index (χ1v) is 4.99. The zero-order valence-electron chi connectivity index (χ0n) is 7.97. The van der Waals surface area contributed by atoms with Gasteiger partial charge in [0, 0.05) is 23.0 Å². The van der Waals surface area contributed by atoms with Gasteiger partial charge in [-0.05, 0) is 11.6 Å². The lowest BCUT2D eigenvalue weighted by molar-refractivity contribution is 0.220. The van der Waals surface area contributed by atoms with E-state index in [0.717, 1.165) is 5.56 Å². The number of aliphatic hydroxyl groups excluding tert-OH is 1. The molecule has 0 saturated carbocycles. The van der Waals surface area contributed by atoms with E-state index in [-0.39, 0.29) is 0 Å². The Kier molecular flexibility index (Phi) is 2.99. The number of hydrogen-bond donors (Lipinski definition) is 1. The highest BCUT2D eigenvalue weighted by Crippen LogP contribution is 2.26. The fraction of sp³-hybridized carbons (Fsp3) is 0.0833. The van der Waals surface area contributed by atoms with Gasteiger partial charge in [-0.3, -0.25) is 4.98 Å². The topological polar surface area (TPSA) is 33.1 Å². The molecule has 3 heteroatoms. The van der Waals surface area contributed by atoms with E-state index in [0.29, 0.717) is 10.6 Å². The predicted molar refractivity (Wildman–Crippen MR) is 59.8 cm³/mol. The molecule has 1 heterocycles. The van der Waals surface area contributed by atoms with Crippen molar-refractivity contribution in [1.82, 2.24) is 4.98 Å². The molecular weight excluding hydrogens is 210 g/mol. The van der Waals surface area contributed by atoms with Gasteiger partial charge in [-0.2, -0.15) is 0 Å². The van der Waals surface area contributed by atoms with Crippen molar-refractivity contribution in [3.63, 3.8) is 0 Å². The average Bonchev–Trinajstić information content (AvgIpc) is 2.30. The van der Waals surface area contributed by atoms with Gasteiger partial charge >= 0.3 is 0 Å². The third kappa shape index (κ3) is 2.17. The normalized spacial score (nSPS) is 12.4. The van der Waals surface area contributed by atoms with Gasteiger partial charge in [0.25, 0.3) is 0 Å². The number of hydrogen-bond acceptors (Lipinski definition) is 2. The molecule has 0 aliphatic heterocycles. The highest BCUT2D eigenvalue weighted by molar-refractivity contribution is 6.31. The number of nitrogens with zero attached hydrogens (tertiary/aromatic N) is 1. The maximum Gasteiger partial charge on any atom is 0.107 e. The zero-order chi connectivity index (χ0) is 10.7. The minimum Gasteiger partial charge on any atom is -0.384 e. The predicted octanol–water partition coefficient (Wildman–Crippen LogP) is 2.82. The van der Waals surface area contributed by atoms with E-state index in [4.69, 9.17) is 11.6 Å². The van der Waals surface area contributed by atoms with Gasteiger partial charge in [0.1, 0.15) is 6.10 Å². The molecule has 76 valence electrons.